The van der Waals surface area contributed by atoms with E-state index in [1.54, 1.807) is 0 Å². The number of nitrogens with one attached hydrogen (secondary N) is 2. The van der Waals surface area contributed by atoms with Crippen molar-refractivity contribution in [2.45, 2.75) is 24.6 Å². The number of carbonyl (C=O) groups excluding carboxylic acids is 1. The number of benzene rings is 1. The monoisotopic (exact) mass is 322 g/mol. The summed E-state index contributed by atoms with van der Waals surface area (Å²) in [7, 11) is 0. The molecule has 5 nitrogen and oxygen atoms in total. The van der Waals surface area contributed by atoms with E-state index in [0.717, 1.165) is 16.7 Å². The zero-order chi connectivity index (χ0) is 15.9. The van der Waals surface area contributed by atoms with Crippen molar-refractivity contribution >= 4 is 28.8 Å². The first kappa shape index (κ1) is 16.7. The van der Waals surface area contributed by atoms with Gasteiger partial charge in [0.25, 0.3) is 0 Å². The quantitative estimate of drug-likeness (QED) is 0.732. The van der Waals surface area contributed by atoms with Gasteiger partial charge in [0.2, 0.25) is 0 Å². The van der Waals surface area contributed by atoms with E-state index < -0.39 is 0 Å². The summed E-state index contributed by atoms with van der Waals surface area (Å²) in [4.78, 5) is 11.8. The third-order valence-corrected chi connectivity index (χ3v) is 4.70. The standard InChI is InChI=1S/C16H22N2O3S/c1-11(15(10-19)22-2)18-16(20)17-8-7-13-9-12-5-3-4-6-14(12)21-13/h3-6,9,11,15,19H,7-8,10H2,1-2H3,(H2,17,18,20). The Balaban J connectivity index is 1.77. The number of hydrogen-bond donors (Lipinski definition) is 3. The summed E-state index contributed by atoms with van der Waals surface area (Å²) >= 11 is 1.54. The van der Waals surface area contributed by atoms with Crippen molar-refractivity contribution in [2.24, 2.45) is 0 Å². The van der Waals surface area contributed by atoms with Crippen LogP contribution >= 0.6 is 11.8 Å². The molecule has 0 saturated carbocycles. The molecule has 0 saturated heterocycles. The van der Waals surface area contributed by atoms with Crippen LogP contribution in [0.2, 0.25) is 0 Å². The number of thioether (sulfide) groups is 1. The lowest BCUT2D eigenvalue weighted by molar-refractivity contribution is 0.232. The molecule has 2 atom stereocenters. The van der Waals surface area contributed by atoms with Crippen LogP contribution in [0, 0.1) is 0 Å². The van der Waals surface area contributed by atoms with E-state index in [-0.39, 0.29) is 23.9 Å². The van der Waals surface area contributed by atoms with Crippen molar-refractivity contribution < 1.29 is 14.3 Å². The minimum Gasteiger partial charge on any atom is -0.461 e. The van der Waals surface area contributed by atoms with Gasteiger partial charge in [-0.25, -0.2) is 4.79 Å². The van der Waals surface area contributed by atoms with Crippen LogP contribution in [0.3, 0.4) is 0 Å². The van der Waals surface area contributed by atoms with Crippen molar-refractivity contribution in [3.05, 3.63) is 36.1 Å². The smallest absolute Gasteiger partial charge is 0.315 e. The van der Waals surface area contributed by atoms with Crippen LogP contribution in [0.4, 0.5) is 4.79 Å². The summed E-state index contributed by atoms with van der Waals surface area (Å²) in [6.07, 6.45) is 2.56. The number of fused-ring (bicyclic) bond motifs is 1. The van der Waals surface area contributed by atoms with E-state index in [4.69, 9.17) is 4.42 Å². The predicted molar refractivity (Wildman–Crippen MR) is 90.3 cm³/mol. The number of para-hydroxylation sites is 1. The van der Waals surface area contributed by atoms with Gasteiger partial charge >= 0.3 is 6.03 Å². The second-order valence-electron chi connectivity index (χ2n) is 5.15. The Hall–Kier alpha value is -1.66. The van der Waals surface area contributed by atoms with Crippen LogP contribution in [-0.4, -0.2) is 41.8 Å². The van der Waals surface area contributed by atoms with Gasteiger partial charge < -0.3 is 20.2 Å². The van der Waals surface area contributed by atoms with Gasteiger partial charge in [-0.15, -0.1) is 0 Å². The Morgan fingerprint density at radius 2 is 2.18 bits per heavy atom. The SMILES string of the molecule is CSC(CO)C(C)NC(=O)NCCc1cc2ccccc2o1. The normalized spacial score (nSPS) is 13.8. The Labute approximate surface area is 134 Å². The minimum atomic E-state index is -0.226. The first-order valence-corrected chi connectivity index (χ1v) is 8.58. The highest BCUT2D eigenvalue weighted by Crippen LogP contribution is 2.18. The van der Waals surface area contributed by atoms with Gasteiger partial charge in [0.05, 0.1) is 6.61 Å². The predicted octanol–water partition coefficient (Wildman–Crippen LogP) is 2.39. The number of aliphatic hydroxyl groups excluding tert-OH is 1. The fourth-order valence-electron chi connectivity index (χ4n) is 2.25. The molecule has 3 N–H and O–H groups in total. The van der Waals surface area contributed by atoms with Crippen molar-refractivity contribution in [1.29, 1.82) is 0 Å². The Morgan fingerprint density at radius 3 is 2.86 bits per heavy atom. The topological polar surface area (TPSA) is 74.5 Å². The lowest BCUT2D eigenvalue weighted by Gasteiger charge is -2.21. The number of hydrogen-bond acceptors (Lipinski definition) is 4. The summed E-state index contributed by atoms with van der Waals surface area (Å²) in [6.45, 7) is 2.43. The number of furan rings is 1. The maximum absolute atomic E-state index is 11.8. The molecule has 1 heterocycles. The minimum absolute atomic E-state index is 0.00104. The Morgan fingerprint density at radius 1 is 1.41 bits per heavy atom. The third-order valence-electron chi connectivity index (χ3n) is 3.53. The molecule has 2 amide bonds. The van der Waals surface area contributed by atoms with E-state index in [1.165, 1.54) is 11.8 Å². The second-order valence-corrected chi connectivity index (χ2v) is 6.22. The highest BCUT2D eigenvalue weighted by molar-refractivity contribution is 7.99. The largest absolute Gasteiger partial charge is 0.461 e. The van der Waals surface area contributed by atoms with Crippen LogP contribution in [-0.2, 0) is 6.42 Å². The van der Waals surface area contributed by atoms with Crippen molar-refractivity contribution in [3.63, 3.8) is 0 Å². The van der Waals surface area contributed by atoms with E-state index in [9.17, 15) is 9.90 Å². The third kappa shape index (κ3) is 4.42. The van der Waals surface area contributed by atoms with E-state index in [2.05, 4.69) is 10.6 Å². The molecule has 2 unspecified atom stereocenters. The molecule has 6 heteroatoms. The molecule has 0 aliphatic heterocycles. The molecule has 2 rings (SSSR count). The van der Waals surface area contributed by atoms with Crippen molar-refractivity contribution in [1.82, 2.24) is 10.6 Å². The van der Waals surface area contributed by atoms with Gasteiger partial charge in [-0.2, -0.15) is 11.8 Å². The molecule has 0 aliphatic carbocycles. The average molecular weight is 322 g/mol. The van der Waals surface area contributed by atoms with Gasteiger partial charge in [-0.3, -0.25) is 0 Å². The lowest BCUT2D eigenvalue weighted by atomic mass is 10.2. The van der Waals surface area contributed by atoms with Gasteiger partial charge in [0, 0.05) is 29.6 Å². The first-order chi connectivity index (χ1) is 10.6. The lowest BCUT2D eigenvalue weighted by Crippen LogP contribution is -2.46. The number of amides is 2. The van der Waals surface area contributed by atoms with Crippen LogP contribution in [0.15, 0.2) is 34.7 Å². The van der Waals surface area contributed by atoms with Gasteiger partial charge in [-0.1, -0.05) is 18.2 Å². The molecule has 1 aromatic heterocycles. The molecule has 2 aromatic rings. The number of aliphatic hydroxyl groups is 1. The van der Waals surface area contributed by atoms with E-state index in [0.29, 0.717) is 13.0 Å². The Kier molecular flexibility index (Phi) is 6.15. The van der Waals surface area contributed by atoms with Gasteiger partial charge in [0.1, 0.15) is 11.3 Å². The number of rotatable bonds is 7. The zero-order valence-corrected chi connectivity index (χ0v) is 13.7. The maximum Gasteiger partial charge on any atom is 0.315 e. The molecular weight excluding hydrogens is 300 g/mol. The summed E-state index contributed by atoms with van der Waals surface area (Å²) < 4.78 is 5.70. The Bertz CT molecular complexity index is 577. The summed E-state index contributed by atoms with van der Waals surface area (Å²) in [5, 5.41) is 15.9. The fourth-order valence-corrected chi connectivity index (χ4v) is 2.87. The molecule has 0 bridgehead atoms. The van der Waals surface area contributed by atoms with Gasteiger partial charge in [-0.05, 0) is 25.3 Å². The van der Waals surface area contributed by atoms with Crippen LogP contribution in [0.25, 0.3) is 11.0 Å². The molecule has 0 radical (unpaired) electrons. The van der Waals surface area contributed by atoms with Crippen LogP contribution < -0.4 is 10.6 Å². The van der Waals surface area contributed by atoms with Crippen molar-refractivity contribution in [2.75, 3.05) is 19.4 Å². The molecular formula is C16H22N2O3S. The van der Waals surface area contributed by atoms with Crippen LogP contribution in [0.1, 0.15) is 12.7 Å². The molecule has 0 spiro atoms. The highest BCUT2D eigenvalue weighted by atomic mass is 32.2. The first-order valence-electron chi connectivity index (χ1n) is 7.29. The van der Waals surface area contributed by atoms with Crippen LogP contribution in [0.5, 0.6) is 0 Å². The van der Waals surface area contributed by atoms with Gasteiger partial charge in [0.15, 0.2) is 0 Å². The average Bonchev–Trinajstić information content (AvgIpc) is 2.91. The summed E-state index contributed by atoms with van der Waals surface area (Å²) in [6, 6.07) is 9.51. The number of urea groups is 1. The second kappa shape index (κ2) is 8.10. The molecule has 1 aromatic carbocycles. The summed E-state index contributed by atoms with van der Waals surface area (Å²) in [5.41, 5.74) is 0.862. The molecule has 0 fully saturated rings. The highest BCUT2D eigenvalue weighted by Gasteiger charge is 2.17. The maximum atomic E-state index is 11.8. The van der Waals surface area contributed by atoms with Crippen molar-refractivity contribution in [3.8, 4) is 0 Å². The fraction of sp³-hybridized carbons (Fsp3) is 0.438. The molecule has 22 heavy (non-hydrogen) atoms. The number of carbonyl (C=O) groups is 1. The van der Waals surface area contributed by atoms with E-state index in [1.807, 2.05) is 43.5 Å². The zero-order valence-electron chi connectivity index (χ0n) is 12.8. The summed E-state index contributed by atoms with van der Waals surface area (Å²) in [5.74, 6) is 0.854. The van der Waals surface area contributed by atoms with E-state index >= 15 is 0 Å². The molecule has 0 aliphatic rings. The molecule has 120 valence electrons.